The normalized spacial score (nSPS) is 14.0. The summed E-state index contributed by atoms with van der Waals surface area (Å²) in [7, 11) is 1.50. The molecule has 2 aromatic rings. The zero-order chi connectivity index (χ0) is 19.8. The molecule has 2 amide bonds. The maximum atomic E-state index is 13.7. The molecule has 3 rings (SSSR count). The number of nitrogens with two attached hydrogens (primary N) is 1. The Labute approximate surface area is 152 Å². The third kappa shape index (κ3) is 4.09. The quantitative estimate of drug-likeness (QED) is 0.810. The molecule has 0 saturated carbocycles. The molecule has 1 aliphatic heterocycles. The number of aromatic nitrogens is 2. The van der Waals surface area contributed by atoms with E-state index in [1.54, 1.807) is 11.1 Å². The van der Waals surface area contributed by atoms with Crippen molar-refractivity contribution in [1.29, 1.82) is 0 Å². The first-order valence-corrected chi connectivity index (χ1v) is 8.11. The Kier molecular flexibility index (Phi) is 4.90. The molecule has 0 radical (unpaired) electrons. The predicted octanol–water partition coefficient (Wildman–Crippen LogP) is 2.83. The maximum Gasteiger partial charge on any atom is 0.419 e. The van der Waals surface area contributed by atoms with Gasteiger partial charge in [-0.2, -0.15) is 13.2 Å². The van der Waals surface area contributed by atoms with Gasteiger partial charge in [-0.1, -0.05) is 6.07 Å². The van der Waals surface area contributed by atoms with Crippen LogP contribution in [0, 0.1) is 5.82 Å². The molecule has 0 saturated heterocycles. The van der Waals surface area contributed by atoms with Crippen molar-refractivity contribution in [2.75, 3.05) is 19.3 Å². The maximum absolute atomic E-state index is 13.7. The summed E-state index contributed by atoms with van der Waals surface area (Å²) in [6.45, 7) is 0.681. The van der Waals surface area contributed by atoms with Crippen LogP contribution in [0.2, 0.25) is 0 Å². The lowest BCUT2D eigenvalue weighted by molar-refractivity contribution is -0.140. The van der Waals surface area contributed by atoms with E-state index in [-0.39, 0.29) is 30.6 Å². The molecule has 6 nitrogen and oxygen atoms in total. The predicted molar refractivity (Wildman–Crippen MR) is 88.8 cm³/mol. The first-order chi connectivity index (χ1) is 12.6. The van der Waals surface area contributed by atoms with Gasteiger partial charge in [-0.3, -0.25) is 0 Å². The molecule has 0 spiro atoms. The Bertz CT molecular complexity index is 871. The second-order valence-corrected chi connectivity index (χ2v) is 6.32. The highest BCUT2D eigenvalue weighted by Gasteiger charge is 2.34. The van der Waals surface area contributed by atoms with Crippen LogP contribution >= 0.6 is 0 Å². The van der Waals surface area contributed by atoms with Crippen molar-refractivity contribution in [2.24, 2.45) is 0 Å². The number of halogens is 4. The van der Waals surface area contributed by atoms with Gasteiger partial charge in [0.1, 0.15) is 5.82 Å². The largest absolute Gasteiger partial charge is 0.419 e. The molecule has 0 atom stereocenters. The first kappa shape index (κ1) is 18.9. The molecule has 1 aliphatic rings. The summed E-state index contributed by atoms with van der Waals surface area (Å²) in [5.41, 5.74) is 6.09. The number of benzene rings is 1. The Hall–Kier alpha value is -2.91. The molecule has 2 N–H and O–H groups in total. The van der Waals surface area contributed by atoms with E-state index in [0.717, 1.165) is 17.7 Å². The number of fused-ring (bicyclic) bond motifs is 1. The topological polar surface area (TPSA) is 75.4 Å². The van der Waals surface area contributed by atoms with Crippen molar-refractivity contribution in [1.82, 2.24) is 19.8 Å². The highest BCUT2D eigenvalue weighted by Crippen LogP contribution is 2.31. The molecule has 0 bridgehead atoms. The van der Waals surface area contributed by atoms with E-state index in [9.17, 15) is 22.4 Å². The molecule has 0 fully saturated rings. The number of anilines is 1. The van der Waals surface area contributed by atoms with E-state index in [1.807, 2.05) is 0 Å². The van der Waals surface area contributed by atoms with Gasteiger partial charge in [0, 0.05) is 26.3 Å². The number of rotatable bonds is 2. The number of nitrogen functional groups attached to an aromatic ring is 1. The summed E-state index contributed by atoms with van der Waals surface area (Å²) < 4.78 is 51.6. The van der Waals surface area contributed by atoms with Crippen molar-refractivity contribution >= 4 is 12.0 Å². The minimum Gasteiger partial charge on any atom is -0.368 e. The zero-order valence-corrected chi connectivity index (χ0v) is 14.4. The number of hydrogen-bond acceptors (Lipinski definition) is 4. The highest BCUT2D eigenvalue weighted by molar-refractivity contribution is 5.74. The first-order valence-electron chi connectivity index (χ1n) is 8.11. The number of alkyl halides is 3. The minimum atomic E-state index is -4.75. The number of urea groups is 1. The number of nitrogens with zero attached hydrogens (tertiary/aromatic N) is 4. The molecular formula is C17H17F4N5O. The Morgan fingerprint density at radius 2 is 2.11 bits per heavy atom. The monoisotopic (exact) mass is 383 g/mol. The lowest BCUT2D eigenvalue weighted by Gasteiger charge is -2.31. The molecule has 1 aromatic carbocycles. The number of carbonyl (C=O) groups excluding carboxylic acids is 1. The average molecular weight is 383 g/mol. The van der Waals surface area contributed by atoms with Crippen LogP contribution in [0.1, 0.15) is 22.4 Å². The lowest BCUT2D eigenvalue weighted by atomic mass is 10.1. The van der Waals surface area contributed by atoms with Crippen LogP contribution in [-0.4, -0.2) is 39.4 Å². The Morgan fingerprint density at radius 1 is 1.37 bits per heavy atom. The fourth-order valence-electron chi connectivity index (χ4n) is 2.95. The highest BCUT2D eigenvalue weighted by atomic mass is 19.4. The van der Waals surface area contributed by atoms with Gasteiger partial charge in [0.05, 0.1) is 17.8 Å². The van der Waals surface area contributed by atoms with Gasteiger partial charge in [0.15, 0.2) is 0 Å². The lowest BCUT2D eigenvalue weighted by Crippen LogP contribution is -2.43. The Morgan fingerprint density at radius 3 is 2.78 bits per heavy atom. The second kappa shape index (κ2) is 7.01. The van der Waals surface area contributed by atoms with Gasteiger partial charge in [-0.15, -0.1) is 0 Å². The van der Waals surface area contributed by atoms with Crippen molar-refractivity contribution in [3.05, 3.63) is 52.6 Å². The van der Waals surface area contributed by atoms with Crippen molar-refractivity contribution in [3.63, 3.8) is 0 Å². The van der Waals surface area contributed by atoms with Crippen LogP contribution in [0.3, 0.4) is 0 Å². The van der Waals surface area contributed by atoms with Crippen LogP contribution in [0.5, 0.6) is 0 Å². The Balaban J connectivity index is 1.69. The summed E-state index contributed by atoms with van der Waals surface area (Å²) in [6.07, 6.45) is -2.55. The molecule has 2 heterocycles. The van der Waals surface area contributed by atoms with Crippen LogP contribution in [-0.2, 0) is 25.7 Å². The van der Waals surface area contributed by atoms with Crippen LogP contribution in [0.4, 0.5) is 28.3 Å². The summed E-state index contributed by atoms with van der Waals surface area (Å²) in [6, 6.07) is 2.30. The number of hydrogen-bond donors (Lipinski definition) is 1. The summed E-state index contributed by atoms with van der Waals surface area (Å²) >= 11 is 0. The van der Waals surface area contributed by atoms with Crippen molar-refractivity contribution in [2.45, 2.75) is 25.7 Å². The van der Waals surface area contributed by atoms with Crippen LogP contribution in [0.15, 0.2) is 24.4 Å². The van der Waals surface area contributed by atoms with E-state index in [2.05, 4.69) is 9.97 Å². The SMILES string of the molecule is CN(Cc1ccc(C(F)(F)F)c(F)c1)C(=O)N1CCc2cnc(N)nc2C1. The van der Waals surface area contributed by atoms with Gasteiger partial charge in [0.25, 0.3) is 0 Å². The van der Waals surface area contributed by atoms with Gasteiger partial charge in [-0.05, 0) is 29.7 Å². The second-order valence-electron chi connectivity index (χ2n) is 6.32. The summed E-state index contributed by atoms with van der Waals surface area (Å²) in [4.78, 5) is 23.5. The molecule has 0 aliphatic carbocycles. The standard InChI is InChI=1S/C17H17F4N5O/c1-25(8-10-2-3-12(13(18)6-10)17(19,20)21)16(27)26-5-4-11-7-23-15(22)24-14(11)9-26/h2-3,6-7H,4-5,8-9H2,1H3,(H2,22,23,24). The van der Waals surface area contributed by atoms with Crippen molar-refractivity contribution in [3.8, 4) is 0 Å². The number of carbonyl (C=O) groups is 1. The van der Waals surface area contributed by atoms with Gasteiger partial charge < -0.3 is 15.5 Å². The van der Waals surface area contributed by atoms with Crippen molar-refractivity contribution < 1.29 is 22.4 Å². The molecular weight excluding hydrogens is 366 g/mol. The van der Waals surface area contributed by atoms with E-state index in [4.69, 9.17) is 5.73 Å². The van der Waals surface area contributed by atoms with Gasteiger partial charge >= 0.3 is 12.2 Å². The van der Waals surface area contributed by atoms with E-state index < -0.39 is 17.6 Å². The third-order valence-electron chi connectivity index (χ3n) is 4.32. The summed E-state index contributed by atoms with van der Waals surface area (Å²) in [5, 5.41) is 0. The van der Waals surface area contributed by atoms with Gasteiger partial charge in [0.2, 0.25) is 5.95 Å². The fourth-order valence-corrected chi connectivity index (χ4v) is 2.95. The fraction of sp³-hybridized carbons (Fsp3) is 0.353. The average Bonchev–Trinajstić information content (AvgIpc) is 2.59. The third-order valence-corrected chi connectivity index (χ3v) is 4.32. The van der Waals surface area contributed by atoms with Gasteiger partial charge in [-0.25, -0.2) is 19.2 Å². The van der Waals surface area contributed by atoms with E-state index in [0.29, 0.717) is 24.7 Å². The molecule has 144 valence electrons. The van der Waals surface area contributed by atoms with Crippen LogP contribution in [0.25, 0.3) is 0 Å². The molecule has 27 heavy (non-hydrogen) atoms. The van der Waals surface area contributed by atoms with E-state index >= 15 is 0 Å². The number of amides is 2. The molecule has 0 unspecified atom stereocenters. The van der Waals surface area contributed by atoms with E-state index in [1.165, 1.54) is 11.9 Å². The molecule has 10 heteroatoms. The zero-order valence-electron chi connectivity index (χ0n) is 14.4. The molecule has 1 aromatic heterocycles. The smallest absolute Gasteiger partial charge is 0.368 e. The summed E-state index contributed by atoms with van der Waals surface area (Å²) in [5.74, 6) is -1.24. The van der Waals surface area contributed by atoms with Crippen LogP contribution < -0.4 is 5.73 Å². The minimum absolute atomic E-state index is 0.0246.